The van der Waals surface area contributed by atoms with E-state index in [0.29, 0.717) is 73.2 Å². The maximum Gasteiger partial charge on any atom is 0.424 e. The van der Waals surface area contributed by atoms with Crippen molar-refractivity contribution in [2.75, 3.05) is 79.1 Å². The van der Waals surface area contributed by atoms with Gasteiger partial charge in [-0.25, -0.2) is 19.1 Å². The number of cyclic esters (lactones) is 2. The predicted molar refractivity (Wildman–Crippen MR) is 305 cm³/mol. The zero-order chi connectivity index (χ0) is 59.9. The molecule has 0 radical (unpaired) electrons. The highest BCUT2D eigenvalue weighted by molar-refractivity contribution is 7.87. The average molecular weight is 1230 g/mol. The number of amides is 1. The van der Waals surface area contributed by atoms with Gasteiger partial charge in [-0.15, -0.1) is 0 Å². The van der Waals surface area contributed by atoms with E-state index in [1.807, 2.05) is 11.6 Å². The quantitative estimate of drug-likeness (QED) is 0.0143. The molecule has 6 N–H and O–H groups in total. The third-order valence-corrected chi connectivity index (χ3v) is 21.0. The van der Waals surface area contributed by atoms with Crippen molar-refractivity contribution in [3.63, 3.8) is 0 Å². The van der Waals surface area contributed by atoms with E-state index >= 15 is 0 Å². The third kappa shape index (κ3) is 21.3. The fraction of sp³-hybridized carbons (Fsp3) is 0.612. The number of allylic oxidation sites excluding steroid dienone is 2. The Morgan fingerprint density at radius 1 is 0.722 bits per heavy atom. The van der Waals surface area contributed by atoms with Gasteiger partial charge in [0, 0.05) is 58.0 Å². The van der Waals surface area contributed by atoms with E-state index in [-0.39, 0.29) is 83.0 Å². The number of carbonyl (C=O) groups is 3. The number of aromatic hydroxyl groups is 1. The maximum atomic E-state index is 13.5. The Labute approximate surface area is 467 Å². The van der Waals surface area contributed by atoms with Crippen LogP contribution < -0.4 is 28.4 Å². The van der Waals surface area contributed by atoms with Crippen molar-refractivity contribution in [1.82, 2.24) is 18.5 Å². The van der Waals surface area contributed by atoms with Gasteiger partial charge in [-0.2, -0.15) is 30.6 Å². The first-order valence-corrected chi connectivity index (χ1v) is 39.4. The van der Waals surface area contributed by atoms with E-state index in [1.54, 1.807) is 53.9 Å². The second-order valence-electron chi connectivity index (χ2n) is 21.1. The number of phenolic OH excluding ortho intramolecular Hbond substituents is 1. The number of rotatable bonds is 31. The van der Waals surface area contributed by atoms with Gasteiger partial charge >= 0.3 is 43.4 Å². The van der Waals surface area contributed by atoms with Crippen LogP contribution in [0.25, 0.3) is 0 Å². The molecule has 0 aliphatic carbocycles. The standard InChI is InChI=1S/C32H57N2O11PSSi2.C17H25N2O9PS/c1-12-44-46(37,45-13-2)19-16-33-47(38,39)34(32(36)42-18-21-49(9,10)11)22-24(3)14-15-26-29(40-5)25(4)27-23-43-31(35)28(27)30(26)41-17-20-48(6,7)8;1-10(8-19-30(25,26)18-6-7-29(22,23)24)4-5-12-15(20)14-13(9-28-17(14)21)11(2)16(12)27-3/h14,33H,12-13,15-23H2,1-11H3;4,18-20H,5-9H2,1-3H3,(H2,22,23,24)/b24-14+;10-4+. The molecule has 1 amide bonds. The Hall–Kier alpha value is -4.16. The summed E-state index contributed by atoms with van der Waals surface area (Å²) in [6, 6.07) is 1.52. The first kappa shape index (κ1) is 69.1. The zero-order valence-electron chi connectivity index (χ0n) is 47.9. The van der Waals surface area contributed by atoms with Gasteiger partial charge in [0.25, 0.3) is 10.2 Å². The number of fused-ring (bicyclic) bond motifs is 2. The lowest BCUT2D eigenvalue weighted by Gasteiger charge is -2.24. The van der Waals surface area contributed by atoms with Crippen molar-refractivity contribution in [1.29, 1.82) is 0 Å². The molecule has 24 nitrogen and oxygen atoms in total. The Kier molecular flexibility index (Phi) is 26.0. The molecule has 2 aliphatic rings. The lowest BCUT2D eigenvalue weighted by molar-refractivity contribution is 0.0523. The fourth-order valence-corrected chi connectivity index (χ4v) is 13.5. The molecule has 0 atom stereocenters. The summed E-state index contributed by atoms with van der Waals surface area (Å²) in [5.41, 5.74) is 5.38. The Bertz CT molecular complexity index is 2890. The highest BCUT2D eigenvalue weighted by atomic mass is 32.2. The summed E-state index contributed by atoms with van der Waals surface area (Å²) >= 11 is 0. The number of esters is 2. The summed E-state index contributed by atoms with van der Waals surface area (Å²) in [6.45, 7) is 23.2. The second-order valence-corrected chi connectivity index (χ2v) is 39.6. The number of benzene rings is 2. The van der Waals surface area contributed by atoms with Crippen LogP contribution in [0.4, 0.5) is 4.79 Å². The Balaban J connectivity index is 0.000000466. The molecule has 0 spiro atoms. The molecule has 0 unspecified atom stereocenters. The minimum Gasteiger partial charge on any atom is -0.507 e. The molecule has 0 saturated heterocycles. The number of carbonyl (C=O) groups excluding carboxylic acids is 3. The number of phenols is 1. The van der Waals surface area contributed by atoms with Crippen molar-refractivity contribution in [2.24, 2.45) is 0 Å². The lowest BCUT2D eigenvalue weighted by Crippen LogP contribution is -2.46. The van der Waals surface area contributed by atoms with Gasteiger partial charge in [0.15, 0.2) is 0 Å². The molecule has 448 valence electrons. The molecular weight excluding hydrogens is 1150 g/mol. The van der Waals surface area contributed by atoms with Crippen molar-refractivity contribution in [3.05, 3.63) is 67.8 Å². The number of hydrogen-bond acceptors (Lipinski definition) is 18. The SMILES string of the molecule is CCOP(=O)(CCNS(=O)(=O)N(C/C(C)=C/Cc1c(OC)c(C)c2c(c1OCC[Si](C)(C)C)C(=O)OC2)C(=O)OCC[Si](C)(C)C)OCC.COc1c(C)c2c(c(O)c1C/C=C(\C)CNS(=O)(=O)NCCP(=O)(O)O)C(=O)OC2. The van der Waals surface area contributed by atoms with Gasteiger partial charge in [-0.1, -0.05) is 62.6 Å². The molecule has 2 heterocycles. The Morgan fingerprint density at radius 2 is 1.22 bits per heavy atom. The first-order chi connectivity index (χ1) is 36.5. The third-order valence-electron chi connectivity index (χ3n) is 12.2. The summed E-state index contributed by atoms with van der Waals surface area (Å²) in [5.74, 6) is 0.0749. The minimum atomic E-state index is -4.45. The molecule has 0 saturated carbocycles. The molecule has 4 rings (SSSR count). The Morgan fingerprint density at radius 3 is 1.75 bits per heavy atom. The summed E-state index contributed by atoms with van der Waals surface area (Å²) in [4.78, 5) is 55.6. The van der Waals surface area contributed by atoms with E-state index in [2.05, 4.69) is 48.7 Å². The van der Waals surface area contributed by atoms with Crippen LogP contribution in [-0.4, -0.2) is 149 Å². The fourth-order valence-electron chi connectivity index (χ4n) is 7.87. The lowest BCUT2D eigenvalue weighted by atomic mass is 9.95. The summed E-state index contributed by atoms with van der Waals surface area (Å²) in [7, 11) is -16.3. The highest BCUT2D eigenvalue weighted by Gasteiger charge is 2.36. The normalized spacial score (nSPS) is 14.2. The van der Waals surface area contributed by atoms with E-state index in [9.17, 15) is 45.5 Å². The van der Waals surface area contributed by atoms with E-state index in [4.69, 9.17) is 47.3 Å². The highest BCUT2D eigenvalue weighted by Crippen LogP contribution is 2.48. The summed E-state index contributed by atoms with van der Waals surface area (Å²) in [6.07, 6.45) is 1.98. The molecule has 2 aliphatic heterocycles. The predicted octanol–water partition coefficient (Wildman–Crippen LogP) is 7.23. The van der Waals surface area contributed by atoms with Crippen molar-refractivity contribution >= 4 is 69.8 Å². The van der Waals surface area contributed by atoms with Crippen molar-refractivity contribution in [2.45, 2.75) is 119 Å². The number of hydrogen-bond donors (Lipinski definition) is 6. The van der Waals surface area contributed by atoms with Crippen LogP contribution in [0.15, 0.2) is 23.3 Å². The summed E-state index contributed by atoms with van der Waals surface area (Å²) < 4.78 is 126. The van der Waals surface area contributed by atoms with Crippen LogP contribution in [0.3, 0.4) is 0 Å². The average Bonchev–Trinajstić information content (AvgIpc) is 4.05. The summed E-state index contributed by atoms with van der Waals surface area (Å²) in [5, 5.41) is 10.6. The molecule has 2 aromatic carbocycles. The van der Waals surface area contributed by atoms with Gasteiger partial charge in [-0.3, -0.25) is 9.13 Å². The first-order valence-electron chi connectivity index (χ1n) is 25.6. The molecular formula is C49H82N4O20P2S2Si2. The molecule has 2 aromatic rings. The molecule has 79 heavy (non-hydrogen) atoms. The topological polar surface area (TPSA) is 327 Å². The van der Waals surface area contributed by atoms with Gasteiger partial charge in [0.2, 0.25) is 0 Å². The van der Waals surface area contributed by atoms with Crippen molar-refractivity contribution < 1.29 is 92.7 Å². The van der Waals surface area contributed by atoms with Crippen LogP contribution in [0.2, 0.25) is 51.4 Å². The van der Waals surface area contributed by atoms with Crippen LogP contribution in [0.5, 0.6) is 23.0 Å². The largest absolute Gasteiger partial charge is 0.507 e. The smallest absolute Gasteiger partial charge is 0.424 e. The van der Waals surface area contributed by atoms with E-state index in [1.165, 1.54) is 7.11 Å². The minimum absolute atomic E-state index is 0.0653. The van der Waals surface area contributed by atoms with E-state index in [0.717, 1.165) is 17.2 Å². The van der Waals surface area contributed by atoms with Gasteiger partial charge in [0.05, 0.1) is 59.5 Å². The number of ether oxygens (including phenoxy) is 6. The van der Waals surface area contributed by atoms with Crippen LogP contribution in [0, 0.1) is 13.8 Å². The van der Waals surface area contributed by atoms with Gasteiger partial charge in [0.1, 0.15) is 47.3 Å². The molecule has 0 bridgehead atoms. The van der Waals surface area contributed by atoms with E-state index < -0.39 is 82.5 Å². The van der Waals surface area contributed by atoms with Gasteiger partial charge < -0.3 is 52.4 Å². The molecule has 0 fully saturated rings. The number of methoxy groups -OCH3 is 2. The number of nitrogens with one attached hydrogen (secondary N) is 3. The van der Waals surface area contributed by atoms with Gasteiger partial charge in [-0.05, 0) is 77.6 Å². The van der Waals surface area contributed by atoms with Crippen molar-refractivity contribution in [3.8, 4) is 23.0 Å². The second kappa shape index (κ2) is 29.7. The molecule has 0 aromatic heterocycles. The zero-order valence-corrected chi connectivity index (χ0v) is 53.3. The molecule has 30 heteroatoms. The van der Waals surface area contributed by atoms with Crippen LogP contribution in [-0.2, 0) is 78.9 Å². The maximum absolute atomic E-state index is 13.5. The monoisotopic (exact) mass is 1230 g/mol. The van der Waals surface area contributed by atoms with Crippen LogP contribution >= 0.6 is 15.2 Å². The number of nitrogens with zero attached hydrogens (tertiary/aromatic N) is 1. The van der Waals surface area contributed by atoms with Crippen LogP contribution in [0.1, 0.15) is 81.8 Å².